The van der Waals surface area contributed by atoms with E-state index in [0.29, 0.717) is 0 Å². The van der Waals surface area contributed by atoms with Crippen molar-refractivity contribution in [2.24, 2.45) is 0 Å². The highest BCUT2D eigenvalue weighted by molar-refractivity contribution is 7.16. The van der Waals surface area contributed by atoms with Gasteiger partial charge >= 0.3 is 0 Å². The van der Waals surface area contributed by atoms with E-state index in [0.717, 1.165) is 18.6 Å². The fourth-order valence-electron chi connectivity index (χ4n) is 2.09. The fourth-order valence-corrected chi connectivity index (χ4v) is 2.81. The van der Waals surface area contributed by atoms with Crippen LogP contribution in [-0.2, 0) is 0 Å². The summed E-state index contributed by atoms with van der Waals surface area (Å²) in [5.41, 5.74) is 5.89. The van der Waals surface area contributed by atoms with Crippen LogP contribution in [0.15, 0.2) is 29.3 Å². The van der Waals surface area contributed by atoms with Crippen LogP contribution in [-0.4, -0.2) is 18.1 Å². The lowest BCUT2D eigenvalue weighted by Gasteiger charge is -2.15. The summed E-state index contributed by atoms with van der Waals surface area (Å²) >= 11 is 1.71. The molecule has 0 saturated carbocycles. The lowest BCUT2D eigenvalue weighted by atomic mass is 10.0. The van der Waals surface area contributed by atoms with Gasteiger partial charge in [-0.15, -0.1) is 11.3 Å². The molecule has 0 atom stereocenters. The number of fused-ring (bicyclic) bond motifs is 1. The maximum Gasteiger partial charge on any atom is 0.0812 e. The minimum atomic E-state index is 1.11. The molecular weight excluding hydrogens is 216 g/mol. The molecule has 0 spiro atoms. The number of nitrogens with one attached hydrogen (secondary N) is 1. The van der Waals surface area contributed by atoms with E-state index in [4.69, 9.17) is 0 Å². The highest BCUT2D eigenvalue weighted by Crippen LogP contribution is 2.22. The quantitative estimate of drug-likeness (QED) is 0.814. The molecule has 0 radical (unpaired) electrons. The average Bonchev–Trinajstić information content (AvgIpc) is 2.77. The van der Waals surface area contributed by atoms with E-state index in [-0.39, 0.29) is 0 Å². The Kier molecular flexibility index (Phi) is 2.72. The zero-order valence-electron chi connectivity index (χ0n) is 9.07. The summed E-state index contributed by atoms with van der Waals surface area (Å²) in [4.78, 5) is 4.29. The highest BCUT2D eigenvalue weighted by atomic mass is 32.1. The van der Waals surface area contributed by atoms with Gasteiger partial charge in [0.25, 0.3) is 0 Å². The molecule has 82 valence electrons. The number of hydrogen-bond acceptors (Lipinski definition) is 3. The number of aromatic nitrogens is 1. The molecule has 1 aromatic carbocycles. The predicted octanol–water partition coefficient (Wildman–Crippen LogP) is 3.06. The molecule has 16 heavy (non-hydrogen) atoms. The van der Waals surface area contributed by atoms with Crippen LogP contribution in [0.4, 0.5) is 0 Å². The van der Waals surface area contributed by atoms with Crippen molar-refractivity contribution in [3.8, 4) is 0 Å². The second kappa shape index (κ2) is 4.36. The standard InChI is InChI=1S/C13H14N2S/c1-2-12-13(16-9-15-12)8-11(1)7-10-3-5-14-6-4-10/h1-2,7-9,14H,3-6H2. The van der Waals surface area contributed by atoms with Gasteiger partial charge in [-0.25, -0.2) is 4.98 Å². The summed E-state index contributed by atoms with van der Waals surface area (Å²) in [6, 6.07) is 6.51. The number of nitrogens with zero attached hydrogens (tertiary/aromatic N) is 1. The molecule has 1 saturated heterocycles. The Morgan fingerprint density at radius 1 is 1.25 bits per heavy atom. The summed E-state index contributed by atoms with van der Waals surface area (Å²) in [7, 11) is 0. The Balaban J connectivity index is 1.92. The van der Waals surface area contributed by atoms with Crippen molar-refractivity contribution < 1.29 is 0 Å². The summed E-state index contributed by atoms with van der Waals surface area (Å²) in [5.74, 6) is 0. The van der Waals surface area contributed by atoms with E-state index in [2.05, 4.69) is 34.6 Å². The van der Waals surface area contributed by atoms with E-state index < -0.39 is 0 Å². The van der Waals surface area contributed by atoms with Crippen molar-refractivity contribution in [1.82, 2.24) is 10.3 Å². The lowest BCUT2D eigenvalue weighted by molar-refractivity contribution is 0.613. The topological polar surface area (TPSA) is 24.9 Å². The van der Waals surface area contributed by atoms with Crippen LogP contribution >= 0.6 is 11.3 Å². The lowest BCUT2D eigenvalue weighted by Crippen LogP contribution is -2.22. The first kappa shape index (κ1) is 10.00. The van der Waals surface area contributed by atoms with Crippen molar-refractivity contribution in [1.29, 1.82) is 0 Å². The summed E-state index contributed by atoms with van der Waals surface area (Å²) in [6.45, 7) is 2.24. The molecule has 2 nitrogen and oxygen atoms in total. The third-order valence-corrected chi connectivity index (χ3v) is 3.76. The predicted molar refractivity (Wildman–Crippen MR) is 69.7 cm³/mol. The molecule has 3 rings (SSSR count). The second-order valence-corrected chi connectivity index (χ2v) is 5.02. The summed E-state index contributed by atoms with van der Waals surface area (Å²) in [6.07, 6.45) is 4.70. The Morgan fingerprint density at radius 3 is 3.00 bits per heavy atom. The SMILES string of the molecule is C(=C1CCNCC1)c1ccc2ncsc2c1. The Hall–Kier alpha value is -1.19. The third-order valence-electron chi connectivity index (χ3n) is 2.97. The van der Waals surface area contributed by atoms with Crippen molar-refractivity contribution in [2.75, 3.05) is 13.1 Å². The molecule has 1 aromatic heterocycles. The number of benzene rings is 1. The molecule has 1 N–H and O–H groups in total. The van der Waals surface area contributed by atoms with Gasteiger partial charge in [0.15, 0.2) is 0 Å². The summed E-state index contributed by atoms with van der Waals surface area (Å²) in [5, 5.41) is 3.38. The van der Waals surface area contributed by atoms with E-state index >= 15 is 0 Å². The average molecular weight is 230 g/mol. The van der Waals surface area contributed by atoms with Crippen molar-refractivity contribution in [3.63, 3.8) is 0 Å². The summed E-state index contributed by atoms with van der Waals surface area (Å²) < 4.78 is 1.28. The van der Waals surface area contributed by atoms with Crippen molar-refractivity contribution in [2.45, 2.75) is 12.8 Å². The second-order valence-electron chi connectivity index (χ2n) is 4.13. The molecule has 0 unspecified atom stereocenters. The third kappa shape index (κ3) is 2.01. The largest absolute Gasteiger partial charge is 0.316 e. The van der Waals surface area contributed by atoms with Crippen LogP contribution in [0.5, 0.6) is 0 Å². The van der Waals surface area contributed by atoms with Crippen LogP contribution < -0.4 is 5.32 Å². The molecule has 0 aliphatic carbocycles. The van der Waals surface area contributed by atoms with Crippen molar-refractivity contribution >= 4 is 27.6 Å². The van der Waals surface area contributed by atoms with E-state index in [1.54, 1.807) is 16.9 Å². The Morgan fingerprint density at radius 2 is 2.12 bits per heavy atom. The first-order chi connectivity index (χ1) is 7.92. The van der Waals surface area contributed by atoms with Crippen LogP contribution in [0.25, 0.3) is 16.3 Å². The smallest absolute Gasteiger partial charge is 0.0812 e. The van der Waals surface area contributed by atoms with Crippen LogP contribution in [0.3, 0.4) is 0 Å². The number of rotatable bonds is 1. The number of hydrogen-bond donors (Lipinski definition) is 1. The van der Waals surface area contributed by atoms with Gasteiger partial charge in [0.1, 0.15) is 0 Å². The van der Waals surface area contributed by atoms with Crippen molar-refractivity contribution in [3.05, 3.63) is 34.8 Å². The molecule has 0 bridgehead atoms. The molecular formula is C13H14N2S. The maximum absolute atomic E-state index is 4.29. The minimum absolute atomic E-state index is 1.11. The molecule has 3 heteroatoms. The first-order valence-electron chi connectivity index (χ1n) is 5.65. The molecule has 2 aromatic rings. The first-order valence-corrected chi connectivity index (χ1v) is 6.53. The van der Waals surface area contributed by atoms with E-state index in [9.17, 15) is 0 Å². The Labute approximate surface area is 99.0 Å². The van der Waals surface area contributed by atoms with Gasteiger partial charge in [-0.3, -0.25) is 0 Å². The van der Waals surface area contributed by atoms with Gasteiger partial charge in [0.2, 0.25) is 0 Å². The maximum atomic E-state index is 4.29. The van der Waals surface area contributed by atoms with Crippen LogP contribution in [0.1, 0.15) is 18.4 Å². The molecule has 1 aliphatic rings. The van der Waals surface area contributed by atoms with Gasteiger partial charge in [0, 0.05) is 0 Å². The zero-order chi connectivity index (χ0) is 10.8. The fraction of sp³-hybridized carbons (Fsp3) is 0.308. The minimum Gasteiger partial charge on any atom is -0.316 e. The number of piperidine rings is 1. The normalized spacial score (nSPS) is 16.6. The van der Waals surface area contributed by atoms with Gasteiger partial charge in [-0.2, -0.15) is 0 Å². The Bertz CT molecular complexity index is 519. The van der Waals surface area contributed by atoms with E-state index in [1.807, 2.05) is 5.51 Å². The molecule has 1 fully saturated rings. The number of thiazole rings is 1. The van der Waals surface area contributed by atoms with Gasteiger partial charge in [-0.05, 0) is 43.6 Å². The van der Waals surface area contributed by atoms with Gasteiger partial charge in [-0.1, -0.05) is 17.7 Å². The van der Waals surface area contributed by atoms with Gasteiger partial charge in [0.05, 0.1) is 15.7 Å². The van der Waals surface area contributed by atoms with Gasteiger partial charge < -0.3 is 5.32 Å². The zero-order valence-corrected chi connectivity index (χ0v) is 9.89. The van der Waals surface area contributed by atoms with E-state index in [1.165, 1.54) is 23.1 Å². The molecule has 2 heterocycles. The monoisotopic (exact) mass is 230 g/mol. The van der Waals surface area contributed by atoms with Crippen LogP contribution in [0, 0.1) is 0 Å². The molecule has 0 amide bonds. The highest BCUT2D eigenvalue weighted by Gasteiger charge is 2.04. The van der Waals surface area contributed by atoms with Crippen LogP contribution in [0.2, 0.25) is 0 Å². The molecule has 1 aliphatic heterocycles.